The van der Waals surface area contributed by atoms with Gasteiger partial charge in [0.1, 0.15) is 10.9 Å². The Morgan fingerprint density at radius 2 is 2.19 bits per heavy atom. The van der Waals surface area contributed by atoms with Crippen LogP contribution in [0.3, 0.4) is 0 Å². The number of ether oxygens (including phenoxy) is 1. The maximum atomic E-state index is 11.3. The molecule has 2 rings (SSSR count). The Morgan fingerprint density at radius 1 is 1.44 bits per heavy atom. The third-order valence-corrected chi connectivity index (χ3v) is 2.66. The van der Waals surface area contributed by atoms with E-state index in [1.165, 1.54) is 6.92 Å². The minimum atomic E-state index is -0.106. The highest BCUT2D eigenvalue weighted by molar-refractivity contribution is 6.33. The number of aromatic nitrogens is 1. The van der Waals surface area contributed by atoms with Crippen LogP contribution in [0.5, 0.6) is 5.75 Å². The summed E-state index contributed by atoms with van der Waals surface area (Å²) in [5.74, 6) is 0.578. The average Bonchev–Trinajstić information content (AvgIpc) is 2.26. The maximum Gasteiger partial charge on any atom is 0.162 e. The second-order valence-electron chi connectivity index (χ2n) is 3.41. The highest BCUT2D eigenvalue weighted by Crippen LogP contribution is 2.28. The molecule has 0 atom stereocenters. The second-order valence-corrected chi connectivity index (χ2v) is 3.77. The zero-order chi connectivity index (χ0) is 11.7. The summed E-state index contributed by atoms with van der Waals surface area (Å²) in [5.41, 5.74) is 1.13. The van der Waals surface area contributed by atoms with Gasteiger partial charge in [-0.05, 0) is 25.1 Å². The van der Waals surface area contributed by atoms with Gasteiger partial charge in [0.2, 0.25) is 0 Å². The van der Waals surface area contributed by atoms with E-state index in [1.807, 2.05) is 18.2 Å². The van der Waals surface area contributed by atoms with Crippen molar-refractivity contribution in [3.8, 4) is 5.75 Å². The molecule has 0 fully saturated rings. The summed E-state index contributed by atoms with van der Waals surface area (Å²) in [4.78, 5) is 15.5. The predicted molar refractivity (Wildman–Crippen MR) is 63.3 cm³/mol. The van der Waals surface area contributed by atoms with Crippen molar-refractivity contribution in [3.05, 3.63) is 35.0 Å². The van der Waals surface area contributed by atoms with E-state index in [0.717, 1.165) is 5.39 Å². The molecular formula is C12H10ClNO2. The Labute approximate surface area is 98.0 Å². The van der Waals surface area contributed by atoms with Crippen LogP contribution in [0.4, 0.5) is 0 Å². The molecule has 3 nitrogen and oxygen atoms in total. The standard InChI is InChI=1S/C12H10ClNO2/c1-7(15)8-6-9-10(14-12(8)13)4-3-5-11(9)16-2/h3-6H,1-2H3. The lowest BCUT2D eigenvalue weighted by atomic mass is 10.1. The minimum Gasteiger partial charge on any atom is -0.496 e. The first-order valence-corrected chi connectivity index (χ1v) is 5.15. The van der Waals surface area contributed by atoms with Gasteiger partial charge in [0.15, 0.2) is 5.78 Å². The fraction of sp³-hybridized carbons (Fsp3) is 0.167. The molecule has 0 unspecified atom stereocenters. The number of Topliss-reactive ketones (excluding diaryl/α,β-unsaturated/α-hetero) is 1. The van der Waals surface area contributed by atoms with Crippen LogP contribution in [0.15, 0.2) is 24.3 Å². The van der Waals surface area contributed by atoms with Crippen molar-refractivity contribution in [3.63, 3.8) is 0 Å². The molecule has 0 aliphatic carbocycles. The SMILES string of the molecule is COc1cccc2nc(Cl)c(C(C)=O)cc12. The van der Waals surface area contributed by atoms with E-state index in [2.05, 4.69) is 4.98 Å². The van der Waals surface area contributed by atoms with E-state index < -0.39 is 0 Å². The molecule has 82 valence electrons. The van der Waals surface area contributed by atoms with Gasteiger partial charge in [-0.2, -0.15) is 0 Å². The van der Waals surface area contributed by atoms with Crippen molar-refractivity contribution >= 4 is 28.3 Å². The summed E-state index contributed by atoms with van der Waals surface area (Å²) in [6.45, 7) is 1.46. The Hall–Kier alpha value is -1.61. The van der Waals surface area contributed by atoms with E-state index in [9.17, 15) is 4.79 Å². The Morgan fingerprint density at radius 3 is 2.81 bits per heavy atom. The molecule has 0 N–H and O–H groups in total. The fourth-order valence-electron chi connectivity index (χ4n) is 1.57. The number of methoxy groups -OCH3 is 1. The number of benzene rings is 1. The van der Waals surface area contributed by atoms with E-state index in [4.69, 9.17) is 16.3 Å². The molecule has 1 aromatic carbocycles. The minimum absolute atomic E-state index is 0.106. The van der Waals surface area contributed by atoms with Crippen LogP contribution in [0.1, 0.15) is 17.3 Å². The number of carbonyl (C=O) groups excluding carboxylic acids is 1. The molecule has 0 aliphatic heterocycles. The van der Waals surface area contributed by atoms with Gasteiger partial charge in [-0.1, -0.05) is 17.7 Å². The molecule has 0 spiro atoms. The van der Waals surface area contributed by atoms with Gasteiger partial charge in [0.25, 0.3) is 0 Å². The molecule has 0 bridgehead atoms. The largest absolute Gasteiger partial charge is 0.496 e. The highest BCUT2D eigenvalue weighted by atomic mass is 35.5. The van der Waals surface area contributed by atoms with Crippen molar-refractivity contribution in [2.75, 3.05) is 7.11 Å². The Kier molecular flexibility index (Phi) is 2.79. The van der Waals surface area contributed by atoms with Crippen LogP contribution >= 0.6 is 11.6 Å². The molecular weight excluding hydrogens is 226 g/mol. The maximum absolute atomic E-state index is 11.3. The molecule has 16 heavy (non-hydrogen) atoms. The Bertz CT molecular complexity index is 566. The van der Waals surface area contributed by atoms with E-state index in [-0.39, 0.29) is 10.9 Å². The van der Waals surface area contributed by atoms with Crippen molar-refractivity contribution in [2.45, 2.75) is 6.92 Å². The summed E-state index contributed by atoms with van der Waals surface area (Å²) in [6.07, 6.45) is 0. The monoisotopic (exact) mass is 235 g/mol. The van der Waals surface area contributed by atoms with Gasteiger partial charge >= 0.3 is 0 Å². The Balaban J connectivity index is 2.80. The number of carbonyl (C=O) groups is 1. The predicted octanol–water partition coefficient (Wildman–Crippen LogP) is 3.10. The van der Waals surface area contributed by atoms with Gasteiger partial charge < -0.3 is 4.74 Å². The van der Waals surface area contributed by atoms with Crippen LogP contribution < -0.4 is 4.74 Å². The molecule has 0 saturated heterocycles. The van der Waals surface area contributed by atoms with Crippen LogP contribution in [-0.4, -0.2) is 17.9 Å². The summed E-state index contributed by atoms with van der Waals surface area (Å²) in [6, 6.07) is 7.19. The number of fused-ring (bicyclic) bond motifs is 1. The van der Waals surface area contributed by atoms with Crippen molar-refractivity contribution in [2.24, 2.45) is 0 Å². The summed E-state index contributed by atoms with van der Waals surface area (Å²) in [7, 11) is 1.58. The number of ketones is 1. The lowest BCUT2D eigenvalue weighted by Gasteiger charge is -2.07. The summed E-state index contributed by atoms with van der Waals surface area (Å²) in [5, 5.41) is 1.02. The number of hydrogen-bond acceptors (Lipinski definition) is 3. The number of hydrogen-bond donors (Lipinski definition) is 0. The van der Waals surface area contributed by atoms with Crippen LogP contribution in [0.2, 0.25) is 5.15 Å². The molecule has 0 amide bonds. The first-order valence-electron chi connectivity index (χ1n) is 4.77. The van der Waals surface area contributed by atoms with Crippen LogP contribution in [0.25, 0.3) is 10.9 Å². The zero-order valence-electron chi connectivity index (χ0n) is 8.95. The summed E-state index contributed by atoms with van der Waals surface area (Å²) < 4.78 is 5.21. The average molecular weight is 236 g/mol. The topological polar surface area (TPSA) is 39.2 Å². The van der Waals surface area contributed by atoms with Gasteiger partial charge in [-0.3, -0.25) is 4.79 Å². The smallest absolute Gasteiger partial charge is 0.162 e. The third kappa shape index (κ3) is 1.74. The van der Waals surface area contributed by atoms with Crippen molar-refractivity contribution in [1.82, 2.24) is 4.98 Å². The molecule has 0 aliphatic rings. The number of pyridine rings is 1. The van der Waals surface area contributed by atoms with Gasteiger partial charge in [0, 0.05) is 5.39 Å². The fourth-order valence-corrected chi connectivity index (χ4v) is 1.85. The molecule has 1 heterocycles. The molecule has 2 aromatic rings. The van der Waals surface area contributed by atoms with Crippen LogP contribution in [0, 0.1) is 0 Å². The van der Waals surface area contributed by atoms with Crippen molar-refractivity contribution in [1.29, 1.82) is 0 Å². The molecule has 1 aromatic heterocycles. The van der Waals surface area contributed by atoms with E-state index >= 15 is 0 Å². The van der Waals surface area contributed by atoms with Gasteiger partial charge in [-0.25, -0.2) is 4.98 Å². The first-order chi connectivity index (χ1) is 7.63. The van der Waals surface area contributed by atoms with Crippen molar-refractivity contribution < 1.29 is 9.53 Å². The number of rotatable bonds is 2. The molecule has 0 saturated carbocycles. The van der Waals surface area contributed by atoms with E-state index in [1.54, 1.807) is 13.2 Å². The van der Waals surface area contributed by atoms with Crippen LogP contribution in [-0.2, 0) is 0 Å². The quantitative estimate of drug-likeness (QED) is 0.593. The van der Waals surface area contributed by atoms with Gasteiger partial charge in [0.05, 0.1) is 18.2 Å². The second kappa shape index (κ2) is 4.10. The molecule has 4 heteroatoms. The number of halogens is 1. The summed E-state index contributed by atoms with van der Waals surface area (Å²) >= 11 is 5.92. The highest BCUT2D eigenvalue weighted by Gasteiger charge is 2.11. The first kappa shape index (κ1) is 10.9. The lowest BCUT2D eigenvalue weighted by Crippen LogP contribution is -1.97. The number of nitrogens with zero attached hydrogens (tertiary/aromatic N) is 1. The third-order valence-electron chi connectivity index (χ3n) is 2.37. The molecule has 0 radical (unpaired) electrons. The van der Waals surface area contributed by atoms with Gasteiger partial charge in [-0.15, -0.1) is 0 Å². The lowest BCUT2D eigenvalue weighted by molar-refractivity contribution is 0.101. The van der Waals surface area contributed by atoms with E-state index in [0.29, 0.717) is 16.8 Å². The normalized spacial score (nSPS) is 10.4. The zero-order valence-corrected chi connectivity index (χ0v) is 9.71.